The molecule has 0 radical (unpaired) electrons. The van der Waals surface area contributed by atoms with Crippen LogP contribution in [0.3, 0.4) is 0 Å². The number of thiazole rings is 1. The molecule has 1 aromatic carbocycles. The Balaban J connectivity index is 1.74. The molecule has 0 aliphatic carbocycles. The van der Waals surface area contributed by atoms with Crippen LogP contribution in [-0.4, -0.2) is 45.6 Å². The first-order valence-corrected chi connectivity index (χ1v) is 9.99. The van der Waals surface area contributed by atoms with Gasteiger partial charge in [-0.1, -0.05) is 0 Å². The minimum absolute atomic E-state index is 0.0192. The number of aromatic nitrogens is 1. The quantitative estimate of drug-likeness (QED) is 0.840. The smallest absolute Gasteiger partial charge is 0.308 e. The van der Waals surface area contributed by atoms with Gasteiger partial charge in [0.1, 0.15) is 16.5 Å². The molecule has 1 saturated heterocycles. The van der Waals surface area contributed by atoms with Gasteiger partial charge in [-0.3, -0.25) is 9.59 Å². The first-order valence-electron chi connectivity index (χ1n) is 9.11. The number of nitrogens with zero attached hydrogens (tertiary/aromatic N) is 2. The molecule has 1 aliphatic rings. The highest BCUT2D eigenvalue weighted by atomic mass is 32.1. The number of amides is 1. The summed E-state index contributed by atoms with van der Waals surface area (Å²) in [6, 6.07) is 7.65. The van der Waals surface area contributed by atoms with Crippen LogP contribution in [0.1, 0.15) is 44.1 Å². The molecule has 1 amide bonds. The summed E-state index contributed by atoms with van der Waals surface area (Å²) in [7, 11) is 0. The lowest BCUT2D eigenvalue weighted by Crippen LogP contribution is -2.47. The van der Waals surface area contributed by atoms with E-state index in [9.17, 15) is 14.7 Å². The summed E-state index contributed by atoms with van der Waals surface area (Å²) < 4.78 is 5.64. The number of hydrogen-bond acceptors (Lipinski definition) is 5. The fourth-order valence-electron chi connectivity index (χ4n) is 3.19. The topological polar surface area (TPSA) is 79.7 Å². The third kappa shape index (κ3) is 4.47. The van der Waals surface area contributed by atoms with E-state index < -0.39 is 11.9 Å². The van der Waals surface area contributed by atoms with E-state index in [1.807, 2.05) is 45.0 Å². The fraction of sp³-hybridized carbons (Fsp3) is 0.450. The summed E-state index contributed by atoms with van der Waals surface area (Å²) in [6.45, 7) is 6.15. The van der Waals surface area contributed by atoms with Crippen molar-refractivity contribution in [2.75, 3.05) is 6.54 Å². The lowest BCUT2D eigenvalue weighted by atomic mass is 9.93. The molecule has 144 valence electrons. The van der Waals surface area contributed by atoms with E-state index in [2.05, 4.69) is 4.98 Å². The number of benzene rings is 1. The third-order valence-electron chi connectivity index (χ3n) is 4.69. The van der Waals surface area contributed by atoms with Gasteiger partial charge in [0.25, 0.3) is 5.91 Å². The van der Waals surface area contributed by atoms with Crippen LogP contribution in [0.25, 0.3) is 10.6 Å². The number of ether oxygens (including phenoxy) is 1. The van der Waals surface area contributed by atoms with E-state index in [1.54, 1.807) is 10.3 Å². The summed E-state index contributed by atoms with van der Waals surface area (Å²) in [5.41, 5.74) is 1.29. The molecule has 27 heavy (non-hydrogen) atoms. The molecule has 1 fully saturated rings. The minimum Gasteiger partial charge on any atom is -0.491 e. The van der Waals surface area contributed by atoms with Gasteiger partial charge in [-0.15, -0.1) is 11.3 Å². The summed E-state index contributed by atoms with van der Waals surface area (Å²) in [4.78, 5) is 30.3. The highest BCUT2D eigenvalue weighted by Crippen LogP contribution is 2.28. The summed E-state index contributed by atoms with van der Waals surface area (Å²) >= 11 is 1.41. The molecule has 6 nitrogen and oxygen atoms in total. The van der Waals surface area contributed by atoms with E-state index in [4.69, 9.17) is 4.74 Å². The Morgan fingerprint density at radius 2 is 1.96 bits per heavy atom. The number of piperidine rings is 1. The maximum absolute atomic E-state index is 12.9. The van der Waals surface area contributed by atoms with E-state index >= 15 is 0 Å². The van der Waals surface area contributed by atoms with Crippen molar-refractivity contribution in [2.24, 2.45) is 5.92 Å². The van der Waals surface area contributed by atoms with Gasteiger partial charge in [0.15, 0.2) is 0 Å². The number of rotatable bonds is 5. The first-order chi connectivity index (χ1) is 12.8. The van der Waals surface area contributed by atoms with Crippen LogP contribution >= 0.6 is 11.3 Å². The molecular formula is C20H24N2O4S. The van der Waals surface area contributed by atoms with Crippen LogP contribution in [0.15, 0.2) is 29.6 Å². The Bertz CT molecular complexity index is 816. The van der Waals surface area contributed by atoms with Crippen molar-refractivity contribution in [1.29, 1.82) is 0 Å². The summed E-state index contributed by atoms with van der Waals surface area (Å²) in [5, 5.41) is 11.8. The SMILES string of the molecule is CC(C)Oc1ccc(-c2nc(C(=O)N3CC(C(=O)O)CCC3C)cs2)cc1. The summed E-state index contributed by atoms with van der Waals surface area (Å²) in [5.74, 6) is -0.752. The molecule has 2 atom stereocenters. The van der Waals surface area contributed by atoms with Crippen molar-refractivity contribution in [3.05, 3.63) is 35.3 Å². The van der Waals surface area contributed by atoms with Crippen molar-refractivity contribution in [3.63, 3.8) is 0 Å². The van der Waals surface area contributed by atoms with Crippen LogP contribution in [-0.2, 0) is 4.79 Å². The van der Waals surface area contributed by atoms with E-state index in [0.29, 0.717) is 18.5 Å². The molecule has 0 bridgehead atoms. The Morgan fingerprint density at radius 3 is 2.59 bits per heavy atom. The number of carboxylic acid groups (broad SMARTS) is 1. The molecule has 0 spiro atoms. The average Bonchev–Trinajstić information content (AvgIpc) is 3.11. The van der Waals surface area contributed by atoms with Crippen LogP contribution in [0.5, 0.6) is 5.75 Å². The van der Waals surface area contributed by atoms with E-state index in [-0.39, 0.29) is 24.6 Å². The highest BCUT2D eigenvalue weighted by molar-refractivity contribution is 7.13. The Morgan fingerprint density at radius 1 is 1.26 bits per heavy atom. The van der Waals surface area contributed by atoms with Crippen LogP contribution in [0.2, 0.25) is 0 Å². The number of carbonyl (C=O) groups is 2. The third-order valence-corrected chi connectivity index (χ3v) is 5.58. The number of likely N-dealkylation sites (tertiary alicyclic amines) is 1. The van der Waals surface area contributed by atoms with Gasteiger partial charge in [0.05, 0.1) is 12.0 Å². The van der Waals surface area contributed by atoms with Crippen LogP contribution in [0, 0.1) is 5.92 Å². The number of carboxylic acids is 1. The predicted octanol–water partition coefficient (Wildman–Crippen LogP) is 3.92. The number of aliphatic carboxylic acids is 1. The molecule has 1 aromatic heterocycles. The second-order valence-electron chi connectivity index (χ2n) is 7.15. The van der Waals surface area contributed by atoms with Gasteiger partial charge in [-0.05, 0) is 57.9 Å². The minimum atomic E-state index is -0.845. The molecule has 2 heterocycles. The average molecular weight is 388 g/mol. The van der Waals surface area contributed by atoms with Crippen molar-refractivity contribution in [3.8, 4) is 16.3 Å². The molecular weight excluding hydrogens is 364 g/mol. The fourth-order valence-corrected chi connectivity index (χ4v) is 3.99. The molecule has 2 aromatic rings. The van der Waals surface area contributed by atoms with Crippen molar-refractivity contribution in [2.45, 2.75) is 45.8 Å². The first kappa shape index (κ1) is 19.4. The van der Waals surface area contributed by atoms with Gasteiger partial charge in [-0.2, -0.15) is 0 Å². The molecule has 1 aliphatic heterocycles. The van der Waals surface area contributed by atoms with E-state index in [0.717, 1.165) is 16.3 Å². The Labute approximate surface area is 162 Å². The monoisotopic (exact) mass is 388 g/mol. The van der Waals surface area contributed by atoms with Crippen molar-refractivity contribution < 1.29 is 19.4 Å². The molecule has 1 N–H and O–H groups in total. The molecule has 0 saturated carbocycles. The van der Waals surface area contributed by atoms with Gasteiger partial charge in [0, 0.05) is 23.5 Å². The maximum Gasteiger partial charge on any atom is 0.308 e. The lowest BCUT2D eigenvalue weighted by Gasteiger charge is -2.36. The molecule has 3 rings (SSSR count). The number of carbonyl (C=O) groups excluding carboxylic acids is 1. The molecule has 2 unspecified atom stereocenters. The second-order valence-corrected chi connectivity index (χ2v) is 8.01. The largest absolute Gasteiger partial charge is 0.491 e. The molecule has 7 heteroatoms. The highest BCUT2D eigenvalue weighted by Gasteiger charge is 2.33. The van der Waals surface area contributed by atoms with E-state index in [1.165, 1.54) is 11.3 Å². The maximum atomic E-state index is 12.9. The predicted molar refractivity (Wildman–Crippen MR) is 104 cm³/mol. The normalized spacial score (nSPS) is 19.9. The van der Waals surface area contributed by atoms with Crippen LogP contribution < -0.4 is 4.74 Å². The van der Waals surface area contributed by atoms with Gasteiger partial charge < -0.3 is 14.7 Å². The van der Waals surface area contributed by atoms with Crippen molar-refractivity contribution in [1.82, 2.24) is 9.88 Å². The van der Waals surface area contributed by atoms with Gasteiger partial charge in [0.2, 0.25) is 0 Å². The number of hydrogen-bond donors (Lipinski definition) is 1. The zero-order chi connectivity index (χ0) is 19.6. The zero-order valence-electron chi connectivity index (χ0n) is 15.7. The second kappa shape index (κ2) is 8.08. The lowest BCUT2D eigenvalue weighted by molar-refractivity contribution is -0.143. The summed E-state index contributed by atoms with van der Waals surface area (Å²) in [6.07, 6.45) is 1.41. The zero-order valence-corrected chi connectivity index (χ0v) is 16.5. The standard InChI is InChI=1S/C20H24N2O4S/c1-12(2)26-16-8-6-14(7-9-16)18-21-17(11-27-18)19(23)22-10-15(20(24)25)5-4-13(22)3/h6-9,11-13,15H,4-5,10H2,1-3H3,(H,24,25). The van der Waals surface area contributed by atoms with Crippen molar-refractivity contribution >= 4 is 23.2 Å². The van der Waals surface area contributed by atoms with Gasteiger partial charge >= 0.3 is 5.97 Å². The Hall–Kier alpha value is -2.41. The van der Waals surface area contributed by atoms with Crippen LogP contribution in [0.4, 0.5) is 0 Å². The van der Waals surface area contributed by atoms with Gasteiger partial charge in [-0.25, -0.2) is 4.98 Å². The Kier molecular flexibility index (Phi) is 5.79.